The van der Waals surface area contributed by atoms with Crippen LogP contribution in [0.15, 0.2) is 53.5 Å². The predicted octanol–water partition coefficient (Wildman–Crippen LogP) is -5.17. The molecule has 20 N–H and O–H groups in total. The number of phenolic OH excluding ortho intramolecular Hbond substituents is 2. The molecule has 2 aromatic carbocycles. The van der Waals surface area contributed by atoms with Crippen LogP contribution in [0.1, 0.15) is 109 Å². The summed E-state index contributed by atoms with van der Waals surface area (Å²) in [5.74, 6) is -18.2. The number of amides is 14. The molecule has 5 fully saturated rings. The molecule has 37 nitrogen and oxygen atoms in total. The van der Waals surface area contributed by atoms with Gasteiger partial charge in [0, 0.05) is 44.1 Å². The lowest BCUT2D eigenvalue weighted by atomic mass is 9.96. The molecule has 2 aromatic rings. The molecule has 14 amide bonds. The fourth-order valence-electron chi connectivity index (χ4n) is 13.1. The van der Waals surface area contributed by atoms with Gasteiger partial charge in [-0.3, -0.25) is 76.9 Å². The van der Waals surface area contributed by atoms with E-state index in [1.165, 1.54) is 63.2 Å². The van der Waals surface area contributed by atoms with Crippen LogP contribution >= 0.6 is 21.6 Å². The molecule has 39 heteroatoms. The number of nitrogens with zero attached hydrogens (tertiary/aromatic N) is 4. The first-order valence-electron chi connectivity index (χ1n) is 35.9. The Labute approximate surface area is 630 Å². The first-order valence-corrected chi connectivity index (χ1v) is 38.4. The highest BCUT2D eigenvalue weighted by Gasteiger charge is 2.47. The van der Waals surface area contributed by atoms with E-state index in [0.717, 1.165) is 21.6 Å². The van der Waals surface area contributed by atoms with E-state index < -0.39 is 217 Å². The van der Waals surface area contributed by atoms with Gasteiger partial charge in [0.2, 0.25) is 82.7 Å². The van der Waals surface area contributed by atoms with Gasteiger partial charge in [-0.1, -0.05) is 80.0 Å². The normalized spacial score (nSPS) is 27.5. The summed E-state index contributed by atoms with van der Waals surface area (Å²) < 4.78 is 0. The number of fused-ring (bicyclic) bond motifs is 8. The average molecular weight is 1550 g/mol. The minimum absolute atomic E-state index is 0.00184. The number of aryl methyl sites for hydroxylation is 1. The number of guanidine groups is 1. The number of aliphatic carboxylic acids is 1. The Morgan fingerprint density at radius 3 is 1.51 bits per heavy atom. The minimum Gasteiger partial charge on any atom is -0.508 e. The molecule has 0 unspecified atom stereocenters. The summed E-state index contributed by atoms with van der Waals surface area (Å²) in [5, 5.41) is 79.6. The van der Waals surface area contributed by atoms with Crippen molar-refractivity contribution in [2.75, 3.05) is 57.4 Å². The molecule has 0 saturated carbocycles. The summed E-state index contributed by atoms with van der Waals surface area (Å²) in [5.41, 5.74) is 12.1. The first-order chi connectivity index (χ1) is 51.4. The monoisotopic (exact) mass is 1550 g/mol. The first kappa shape index (κ1) is 85.2. The smallest absolute Gasteiger partial charge is 0.305 e. The van der Waals surface area contributed by atoms with Crippen molar-refractivity contribution in [3.05, 3.63) is 59.7 Å². The molecule has 0 radical (unpaired) electrons. The maximum Gasteiger partial charge on any atom is 0.305 e. The third kappa shape index (κ3) is 24.0. The number of aliphatic hydroxyl groups is 2. The number of carboxylic acids is 1. The number of aliphatic imine (C=N–C) groups is 1. The summed E-state index contributed by atoms with van der Waals surface area (Å²) in [6.45, 7) is 3.23. The van der Waals surface area contributed by atoms with Gasteiger partial charge < -0.3 is 110 Å². The Bertz CT molecular complexity index is 3630. The number of carboxylic acid groups (broad SMARTS) is 1. The third-order valence-electron chi connectivity index (χ3n) is 19.3. The highest BCUT2D eigenvalue weighted by Crippen LogP contribution is 2.29. The quantitative estimate of drug-likeness (QED) is 0.0323. The maximum absolute atomic E-state index is 15.1. The van der Waals surface area contributed by atoms with Crippen molar-refractivity contribution in [3.8, 4) is 11.5 Å². The highest BCUT2D eigenvalue weighted by atomic mass is 33.1. The van der Waals surface area contributed by atoms with Crippen LogP contribution in [0.4, 0.5) is 0 Å². The molecule has 108 heavy (non-hydrogen) atoms. The highest BCUT2D eigenvalue weighted by molar-refractivity contribution is 8.76. The molecule has 5 saturated heterocycles. The van der Waals surface area contributed by atoms with Gasteiger partial charge in [0.25, 0.3) is 0 Å². The van der Waals surface area contributed by atoms with E-state index >= 15 is 9.59 Å². The topological polar surface area (TPSA) is 564 Å². The van der Waals surface area contributed by atoms with E-state index in [9.17, 15) is 87.9 Å². The number of carbonyl (C=O) groups excluding carboxylic acids is 14. The SMILES string of the molecule is CC[C@H](C)[C@@H]1NC(=O)[C@@H]2CSSC[C@H](NC(=O)[C@H](CCc3ccc(O)cc3)NC(=O)CNC(=O)[C@H](CC(=O)O)NC(=O)[C@@H]3CCCN3C1=O)C(=O)N[C@@H](CO)C(=O)N[C@@H](CCCN=C(N)N)C(=O)N[C@@H](CO)C(=O)N[C@@H](Cc1ccc(O)cc1)C(=O)N1CCC[C@H]1C(=O)N1CCC[C@H]1C(=O)N[C@@H](C(C)C)C(=O)N2. The van der Waals surface area contributed by atoms with E-state index in [-0.39, 0.29) is 108 Å². The number of aromatic hydroxyl groups is 2. The Morgan fingerprint density at radius 1 is 0.509 bits per heavy atom. The lowest BCUT2D eigenvalue weighted by Crippen LogP contribution is -2.62. The fourth-order valence-corrected chi connectivity index (χ4v) is 15.4. The van der Waals surface area contributed by atoms with Gasteiger partial charge >= 0.3 is 5.97 Å². The van der Waals surface area contributed by atoms with Gasteiger partial charge in [0.15, 0.2) is 5.96 Å². The van der Waals surface area contributed by atoms with Crippen LogP contribution < -0.4 is 70.0 Å². The molecule has 7 rings (SSSR count). The lowest BCUT2D eigenvalue weighted by Gasteiger charge is -2.34. The molecule has 5 aliphatic heterocycles. The van der Waals surface area contributed by atoms with Crippen molar-refractivity contribution in [1.82, 2.24) is 73.2 Å². The largest absolute Gasteiger partial charge is 0.508 e. The fraction of sp³-hybridized carbons (Fsp3) is 0.594. The number of hydrogen-bond acceptors (Lipinski definition) is 22. The van der Waals surface area contributed by atoms with Crippen molar-refractivity contribution in [2.45, 2.75) is 190 Å². The van der Waals surface area contributed by atoms with Crippen molar-refractivity contribution < 1.29 is 97.5 Å². The van der Waals surface area contributed by atoms with Crippen LogP contribution in [0.3, 0.4) is 0 Å². The van der Waals surface area contributed by atoms with Crippen LogP contribution in [-0.4, -0.2) is 271 Å². The number of nitrogens with two attached hydrogens (primary N) is 2. The number of carbonyl (C=O) groups is 15. The number of aliphatic hydroxyl groups excluding tert-OH is 2. The maximum atomic E-state index is 15.1. The Hall–Kier alpha value is -10.0. The predicted molar refractivity (Wildman–Crippen MR) is 390 cm³/mol. The summed E-state index contributed by atoms with van der Waals surface area (Å²) in [6, 6.07) is -9.15. The van der Waals surface area contributed by atoms with Gasteiger partial charge in [-0.25, -0.2) is 0 Å². The molecular weight excluding hydrogens is 1450 g/mol. The van der Waals surface area contributed by atoms with Crippen LogP contribution in [-0.2, 0) is 84.8 Å². The molecule has 2 bridgehead atoms. The van der Waals surface area contributed by atoms with Crippen LogP contribution in [0.25, 0.3) is 0 Å². The summed E-state index contributed by atoms with van der Waals surface area (Å²) in [4.78, 5) is 225. The number of hydrogen-bond donors (Lipinski definition) is 18. The standard InChI is InChI=1S/C69H99N17O20S2/c1-5-36(4)55-68(106)85-26-8-11-49(85)63(101)76-43(29-53(92)93)56(94)73-30-52(91)74-42(23-18-37-14-19-39(89)20-15-37)58(96)80-47-33-107-108-34-48(62(100)83-55)81-65(103)54(35(2)3)82-64(102)50-12-7-25-84(50)67(105)51-13-9-27-86(51)66(104)44(28-38-16-21-40(90)22-17-38)77-60(98)46(32-88)78-57(95)41(10-6-24-72-69(70)71)75-59(97)45(31-87)79-61(47)99/h14-17,19-22,35-36,41-51,54-55,87-90H,5-13,18,23-34H2,1-4H3,(H,73,94)(H,74,91)(H,75,97)(H,76,101)(H,77,98)(H,78,95)(H,79,99)(H,80,96)(H,81,103)(H,82,102)(H,83,100)(H,92,93)(H4,70,71,72)/t36-,41-,42-,43-,44-,45-,46-,47-,48-,49-,50-,51-,54-,55-/m0/s1. The Morgan fingerprint density at radius 2 is 0.963 bits per heavy atom. The second kappa shape index (κ2) is 40.8. The van der Waals surface area contributed by atoms with Gasteiger partial charge in [0.05, 0.1) is 26.2 Å². The Kier molecular flexibility index (Phi) is 32.2. The van der Waals surface area contributed by atoms with Gasteiger partial charge in [-0.2, -0.15) is 0 Å². The summed E-state index contributed by atoms with van der Waals surface area (Å²) >= 11 is 0. The van der Waals surface area contributed by atoms with E-state index in [0.29, 0.717) is 24.0 Å². The number of benzene rings is 2. The molecule has 5 heterocycles. The second-order valence-electron chi connectivity index (χ2n) is 27.5. The number of phenols is 2. The van der Waals surface area contributed by atoms with Gasteiger partial charge in [-0.05, 0) is 111 Å². The number of nitrogens with one attached hydrogen (secondary N) is 11. The molecule has 0 spiro atoms. The molecule has 0 aliphatic carbocycles. The second-order valence-corrected chi connectivity index (χ2v) is 30.0. The summed E-state index contributed by atoms with van der Waals surface area (Å²) in [7, 11) is 1.67. The van der Waals surface area contributed by atoms with E-state index in [1.54, 1.807) is 27.7 Å². The van der Waals surface area contributed by atoms with Crippen molar-refractivity contribution >= 4 is 116 Å². The molecular formula is C69H99N17O20S2. The zero-order valence-corrected chi connectivity index (χ0v) is 62.1. The van der Waals surface area contributed by atoms with E-state index in [2.05, 4.69) is 63.5 Å². The molecule has 0 aromatic heterocycles. The Balaban J connectivity index is 1.33. The summed E-state index contributed by atoms with van der Waals surface area (Å²) in [6.07, 6.45) is -0.540. The molecule has 592 valence electrons. The number of rotatable bonds is 16. The van der Waals surface area contributed by atoms with Gasteiger partial charge in [-0.15, -0.1) is 0 Å². The van der Waals surface area contributed by atoms with E-state index in [4.69, 9.17) is 11.5 Å². The van der Waals surface area contributed by atoms with Crippen molar-refractivity contribution in [1.29, 1.82) is 0 Å². The third-order valence-corrected chi connectivity index (χ3v) is 21.7. The molecule has 5 aliphatic rings. The van der Waals surface area contributed by atoms with Crippen LogP contribution in [0.2, 0.25) is 0 Å². The van der Waals surface area contributed by atoms with Crippen LogP contribution in [0.5, 0.6) is 11.5 Å². The zero-order chi connectivity index (χ0) is 79.1. The minimum atomic E-state index is -1.98. The zero-order valence-electron chi connectivity index (χ0n) is 60.5. The van der Waals surface area contributed by atoms with Crippen molar-refractivity contribution in [2.24, 2.45) is 28.3 Å². The average Bonchev–Trinajstić information content (AvgIpc) is 1.62. The van der Waals surface area contributed by atoms with E-state index in [1.807, 2.05) is 0 Å². The van der Waals surface area contributed by atoms with Gasteiger partial charge in [0.1, 0.15) is 90.0 Å². The van der Waals surface area contributed by atoms with Crippen LogP contribution in [0, 0.1) is 11.8 Å². The lowest BCUT2D eigenvalue weighted by molar-refractivity contribution is -0.148. The van der Waals surface area contributed by atoms with Crippen molar-refractivity contribution in [3.63, 3.8) is 0 Å². The molecule has 14 atom stereocenters.